The second-order valence-electron chi connectivity index (χ2n) is 6.66. The van der Waals surface area contributed by atoms with Gasteiger partial charge in [-0.2, -0.15) is 10.2 Å². The van der Waals surface area contributed by atoms with Crippen molar-refractivity contribution in [1.82, 2.24) is 19.6 Å². The molecule has 2 heterocycles. The molecule has 0 aliphatic carbocycles. The fraction of sp³-hybridized carbons (Fsp3) is 0.300. The Morgan fingerprint density at radius 2 is 1.83 bits per heavy atom. The van der Waals surface area contributed by atoms with Gasteiger partial charge in [0, 0.05) is 18.4 Å². The Morgan fingerprint density at radius 3 is 2.41 bits per heavy atom. The van der Waals surface area contributed by atoms with E-state index in [2.05, 4.69) is 20.8 Å². The number of carbonyl (C=O) groups excluding carboxylic acids is 2. The van der Waals surface area contributed by atoms with Crippen molar-refractivity contribution in [2.24, 2.45) is 0 Å². The molecule has 8 nitrogen and oxygen atoms in total. The first-order valence-corrected chi connectivity index (χ1v) is 9.65. The largest absolute Gasteiger partial charge is 0.321 e. The summed E-state index contributed by atoms with van der Waals surface area (Å²) < 4.78 is 3.17. The van der Waals surface area contributed by atoms with Gasteiger partial charge in [-0.25, -0.2) is 0 Å². The number of carbonyl (C=O) groups is 2. The van der Waals surface area contributed by atoms with E-state index < -0.39 is 11.9 Å². The van der Waals surface area contributed by atoms with Crippen molar-refractivity contribution < 1.29 is 9.59 Å². The first-order chi connectivity index (χ1) is 13.8. The van der Waals surface area contributed by atoms with E-state index in [1.807, 2.05) is 25.1 Å². The third-order valence-electron chi connectivity index (χ3n) is 4.57. The van der Waals surface area contributed by atoms with Crippen molar-refractivity contribution in [3.05, 3.63) is 58.6 Å². The maximum absolute atomic E-state index is 12.8. The van der Waals surface area contributed by atoms with E-state index in [-0.39, 0.29) is 11.6 Å². The van der Waals surface area contributed by atoms with Crippen LogP contribution < -0.4 is 10.6 Å². The molecule has 9 heteroatoms. The second-order valence-corrected chi connectivity index (χ2v) is 7.04. The van der Waals surface area contributed by atoms with Crippen LogP contribution >= 0.6 is 11.6 Å². The summed E-state index contributed by atoms with van der Waals surface area (Å²) in [4.78, 5) is 25.5. The Hall–Kier alpha value is -3.13. The molecule has 29 heavy (non-hydrogen) atoms. The minimum absolute atomic E-state index is 0.141. The minimum Gasteiger partial charge on any atom is -0.321 e. The molecular formula is C20H23ClN6O2. The topological polar surface area (TPSA) is 93.8 Å². The van der Waals surface area contributed by atoms with E-state index >= 15 is 0 Å². The molecule has 0 spiro atoms. The molecule has 1 atom stereocenters. The second kappa shape index (κ2) is 8.48. The van der Waals surface area contributed by atoms with Gasteiger partial charge in [-0.1, -0.05) is 29.8 Å². The van der Waals surface area contributed by atoms with E-state index in [4.69, 9.17) is 11.6 Å². The van der Waals surface area contributed by atoms with Crippen LogP contribution in [0.1, 0.15) is 41.8 Å². The van der Waals surface area contributed by atoms with E-state index in [0.717, 1.165) is 0 Å². The number of amides is 2. The van der Waals surface area contributed by atoms with Gasteiger partial charge in [0.05, 0.1) is 22.1 Å². The number of nitrogens with one attached hydrogen (secondary N) is 2. The summed E-state index contributed by atoms with van der Waals surface area (Å²) >= 11 is 6.19. The van der Waals surface area contributed by atoms with Crippen molar-refractivity contribution in [2.75, 3.05) is 10.6 Å². The van der Waals surface area contributed by atoms with Crippen LogP contribution in [0.4, 0.5) is 11.4 Å². The number of hydrogen-bond acceptors (Lipinski definition) is 4. The van der Waals surface area contributed by atoms with Crippen LogP contribution in [0.2, 0.25) is 5.02 Å². The highest BCUT2D eigenvalue weighted by molar-refractivity contribution is 6.31. The maximum Gasteiger partial charge on any atom is 0.278 e. The van der Waals surface area contributed by atoms with Crippen molar-refractivity contribution >= 4 is 34.8 Å². The molecule has 1 unspecified atom stereocenters. The summed E-state index contributed by atoms with van der Waals surface area (Å²) in [6, 6.07) is 8.45. The maximum atomic E-state index is 12.8. The minimum atomic E-state index is -0.615. The zero-order chi connectivity index (χ0) is 21.1. The summed E-state index contributed by atoms with van der Waals surface area (Å²) in [7, 11) is 0. The number of rotatable bonds is 6. The fourth-order valence-electron chi connectivity index (χ4n) is 2.92. The predicted molar refractivity (Wildman–Crippen MR) is 112 cm³/mol. The summed E-state index contributed by atoms with van der Waals surface area (Å²) in [6.45, 7) is 7.77. The molecule has 0 bridgehead atoms. The molecule has 0 aliphatic heterocycles. The van der Waals surface area contributed by atoms with Crippen LogP contribution in [-0.4, -0.2) is 31.4 Å². The Morgan fingerprint density at radius 1 is 1.14 bits per heavy atom. The third kappa shape index (κ3) is 4.32. The molecule has 2 aromatic heterocycles. The molecular weight excluding hydrogens is 392 g/mol. The van der Waals surface area contributed by atoms with E-state index in [1.165, 1.54) is 0 Å². The van der Waals surface area contributed by atoms with Crippen LogP contribution in [0.5, 0.6) is 0 Å². The van der Waals surface area contributed by atoms with Crippen LogP contribution in [0.3, 0.4) is 0 Å². The van der Waals surface area contributed by atoms with E-state index in [9.17, 15) is 9.59 Å². The zero-order valence-corrected chi connectivity index (χ0v) is 17.5. The van der Waals surface area contributed by atoms with Crippen LogP contribution in [0, 0.1) is 13.8 Å². The Bertz CT molecular complexity index is 1040. The highest BCUT2D eigenvalue weighted by atomic mass is 35.5. The van der Waals surface area contributed by atoms with Gasteiger partial charge < -0.3 is 10.6 Å². The van der Waals surface area contributed by atoms with Gasteiger partial charge in [-0.3, -0.25) is 19.0 Å². The van der Waals surface area contributed by atoms with Crippen molar-refractivity contribution in [2.45, 2.75) is 40.3 Å². The smallest absolute Gasteiger partial charge is 0.278 e. The van der Waals surface area contributed by atoms with Gasteiger partial charge in [0.2, 0.25) is 5.91 Å². The lowest BCUT2D eigenvalue weighted by Gasteiger charge is -2.14. The molecule has 2 N–H and O–H groups in total. The lowest BCUT2D eigenvalue weighted by Crippen LogP contribution is -2.26. The Balaban J connectivity index is 1.83. The van der Waals surface area contributed by atoms with Gasteiger partial charge in [0.1, 0.15) is 6.04 Å². The van der Waals surface area contributed by atoms with Gasteiger partial charge in [0.15, 0.2) is 5.69 Å². The molecule has 0 aliphatic rings. The molecule has 0 fully saturated rings. The summed E-state index contributed by atoms with van der Waals surface area (Å²) in [5.41, 5.74) is 2.49. The number of aromatic nitrogens is 4. The SMILES string of the molecule is CCn1cc(NC(=O)C(C)n2nc(C)c(Cl)c2C)c(C(=O)Nc2ccccc2)n1. The van der Waals surface area contributed by atoms with Gasteiger partial charge >= 0.3 is 0 Å². The average molecular weight is 415 g/mol. The Labute approximate surface area is 173 Å². The van der Waals surface area contributed by atoms with Crippen LogP contribution in [-0.2, 0) is 11.3 Å². The van der Waals surface area contributed by atoms with Crippen molar-refractivity contribution in [3.8, 4) is 0 Å². The quantitative estimate of drug-likeness (QED) is 0.641. The molecule has 3 aromatic rings. The summed E-state index contributed by atoms with van der Waals surface area (Å²) in [6.07, 6.45) is 1.64. The lowest BCUT2D eigenvalue weighted by molar-refractivity contribution is -0.119. The van der Waals surface area contributed by atoms with E-state index in [0.29, 0.717) is 34.3 Å². The number of nitrogens with zero attached hydrogens (tertiary/aromatic N) is 4. The standard InChI is InChI=1S/C20H23ClN6O2/c1-5-26-11-16(18(25-26)20(29)22-15-9-7-6-8-10-15)23-19(28)14(4)27-13(3)17(21)12(2)24-27/h6-11,14H,5H2,1-4H3,(H,22,29)(H,23,28). The Kier molecular flexibility index (Phi) is 6.03. The van der Waals surface area contributed by atoms with Crippen molar-refractivity contribution in [3.63, 3.8) is 0 Å². The third-order valence-corrected chi connectivity index (χ3v) is 5.12. The molecule has 0 saturated heterocycles. The first kappa shape index (κ1) is 20.6. The number of aryl methyl sites for hydroxylation is 2. The van der Waals surface area contributed by atoms with Crippen LogP contribution in [0.15, 0.2) is 36.5 Å². The summed E-state index contributed by atoms with van der Waals surface area (Å²) in [5.74, 6) is -0.725. The van der Waals surface area contributed by atoms with E-state index in [1.54, 1.807) is 48.5 Å². The van der Waals surface area contributed by atoms with Crippen LogP contribution in [0.25, 0.3) is 0 Å². The highest BCUT2D eigenvalue weighted by Crippen LogP contribution is 2.24. The molecule has 2 amide bonds. The molecule has 0 radical (unpaired) electrons. The number of benzene rings is 1. The van der Waals surface area contributed by atoms with Gasteiger partial charge in [0.25, 0.3) is 5.91 Å². The molecule has 152 valence electrons. The summed E-state index contributed by atoms with van der Waals surface area (Å²) in [5, 5.41) is 14.7. The fourth-order valence-corrected chi connectivity index (χ4v) is 3.05. The molecule has 1 aromatic carbocycles. The predicted octanol–water partition coefficient (Wildman–Crippen LogP) is 3.82. The number of hydrogen-bond donors (Lipinski definition) is 2. The van der Waals surface area contributed by atoms with Crippen molar-refractivity contribution in [1.29, 1.82) is 0 Å². The number of anilines is 2. The normalized spacial score (nSPS) is 11.9. The average Bonchev–Trinajstić information content (AvgIpc) is 3.24. The highest BCUT2D eigenvalue weighted by Gasteiger charge is 2.24. The lowest BCUT2D eigenvalue weighted by atomic mass is 10.2. The zero-order valence-electron chi connectivity index (χ0n) is 16.7. The number of halogens is 1. The monoisotopic (exact) mass is 414 g/mol. The van der Waals surface area contributed by atoms with Gasteiger partial charge in [-0.15, -0.1) is 0 Å². The molecule has 3 rings (SSSR count). The first-order valence-electron chi connectivity index (χ1n) is 9.27. The number of para-hydroxylation sites is 1. The van der Waals surface area contributed by atoms with Gasteiger partial charge in [-0.05, 0) is 39.8 Å². The molecule has 0 saturated carbocycles.